The minimum atomic E-state index is -4.47. The molecule has 4 nitrogen and oxygen atoms in total. The van der Waals surface area contributed by atoms with Gasteiger partial charge < -0.3 is 4.90 Å². The highest BCUT2D eigenvalue weighted by Gasteiger charge is 2.34. The monoisotopic (exact) mass is 341 g/mol. The smallest absolute Gasteiger partial charge is 0.325 e. The van der Waals surface area contributed by atoms with Crippen molar-refractivity contribution in [2.24, 2.45) is 0 Å². The average molecular weight is 341 g/mol. The van der Waals surface area contributed by atoms with Crippen LogP contribution in [0.1, 0.15) is 15.4 Å². The van der Waals surface area contributed by atoms with Gasteiger partial charge in [-0.15, -0.1) is 17.9 Å². The highest BCUT2D eigenvalue weighted by atomic mass is 32.1. The fourth-order valence-corrected chi connectivity index (χ4v) is 2.94. The molecule has 0 unspecified atom stereocenters. The summed E-state index contributed by atoms with van der Waals surface area (Å²) in [4.78, 5) is 21.7. The second kappa shape index (κ2) is 6.91. The maximum absolute atomic E-state index is 12.6. The van der Waals surface area contributed by atoms with Gasteiger partial charge in [-0.1, -0.05) is 12.1 Å². The molecule has 2 aromatic rings. The van der Waals surface area contributed by atoms with Crippen LogP contribution in [0.3, 0.4) is 0 Å². The van der Waals surface area contributed by atoms with Gasteiger partial charge in [0.2, 0.25) is 0 Å². The summed E-state index contributed by atoms with van der Waals surface area (Å²) in [6, 6.07) is 5.24. The molecule has 122 valence electrons. The number of carbonyl (C=O) groups is 1. The molecule has 2 heterocycles. The predicted octanol–water partition coefficient (Wildman–Crippen LogP) is 3.70. The Kier molecular flexibility index (Phi) is 5.15. The highest BCUT2D eigenvalue weighted by molar-refractivity contribution is 7.17. The fourth-order valence-electron chi connectivity index (χ4n) is 1.93. The second-order valence-electron chi connectivity index (χ2n) is 4.74. The van der Waals surface area contributed by atoms with Crippen molar-refractivity contribution in [3.05, 3.63) is 47.6 Å². The Morgan fingerprint density at radius 3 is 2.74 bits per heavy atom. The Morgan fingerprint density at radius 1 is 1.43 bits per heavy atom. The lowest BCUT2D eigenvalue weighted by Crippen LogP contribution is -2.39. The SMILES string of the molecule is C=CCN(CC(F)(F)F)C(=O)c1sc(-c2ccccn2)nc1C. The predicted molar refractivity (Wildman–Crippen MR) is 82.2 cm³/mol. The summed E-state index contributed by atoms with van der Waals surface area (Å²) in [5, 5.41) is 0.497. The average Bonchev–Trinajstić information content (AvgIpc) is 2.88. The third-order valence-corrected chi connectivity index (χ3v) is 4.05. The first-order chi connectivity index (χ1) is 10.8. The van der Waals surface area contributed by atoms with Crippen molar-refractivity contribution in [3.8, 4) is 10.7 Å². The van der Waals surface area contributed by atoms with E-state index in [1.807, 2.05) is 0 Å². The summed E-state index contributed by atoms with van der Waals surface area (Å²) >= 11 is 1.03. The molecule has 8 heteroatoms. The highest BCUT2D eigenvalue weighted by Crippen LogP contribution is 2.28. The van der Waals surface area contributed by atoms with Gasteiger partial charge in [0, 0.05) is 12.7 Å². The van der Waals surface area contributed by atoms with Crippen molar-refractivity contribution in [1.82, 2.24) is 14.9 Å². The third-order valence-electron chi connectivity index (χ3n) is 2.88. The van der Waals surface area contributed by atoms with E-state index in [1.54, 1.807) is 31.3 Å². The lowest BCUT2D eigenvalue weighted by molar-refractivity contribution is -0.139. The van der Waals surface area contributed by atoms with Gasteiger partial charge in [-0.05, 0) is 19.1 Å². The van der Waals surface area contributed by atoms with Crippen LogP contribution in [0.2, 0.25) is 0 Å². The zero-order valence-electron chi connectivity index (χ0n) is 12.3. The number of hydrogen-bond acceptors (Lipinski definition) is 4. The number of aryl methyl sites for hydroxylation is 1. The molecule has 0 aliphatic heterocycles. The molecule has 0 saturated heterocycles. The van der Waals surface area contributed by atoms with Gasteiger partial charge in [0.25, 0.3) is 5.91 Å². The van der Waals surface area contributed by atoms with Gasteiger partial charge in [-0.25, -0.2) is 4.98 Å². The second-order valence-corrected chi connectivity index (χ2v) is 5.74. The molecule has 2 rings (SSSR count). The zero-order valence-corrected chi connectivity index (χ0v) is 13.1. The molecule has 0 aromatic carbocycles. The number of thiazole rings is 1. The number of alkyl halides is 3. The summed E-state index contributed by atoms with van der Waals surface area (Å²) in [6.45, 7) is 3.48. The van der Waals surface area contributed by atoms with Crippen molar-refractivity contribution >= 4 is 17.2 Å². The summed E-state index contributed by atoms with van der Waals surface area (Å²) in [5.74, 6) is -0.709. The molecule has 0 aliphatic carbocycles. The Labute approximate surface area is 135 Å². The van der Waals surface area contributed by atoms with E-state index in [0.29, 0.717) is 21.3 Å². The van der Waals surface area contributed by atoms with Crippen LogP contribution in [-0.2, 0) is 0 Å². The van der Waals surface area contributed by atoms with E-state index in [4.69, 9.17) is 0 Å². The van der Waals surface area contributed by atoms with Crippen LogP contribution < -0.4 is 0 Å². The van der Waals surface area contributed by atoms with Crippen LogP contribution in [0, 0.1) is 6.92 Å². The summed E-state index contributed by atoms with van der Waals surface area (Å²) in [5.41, 5.74) is 0.961. The van der Waals surface area contributed by atoms with E-state index in [9.17, 15) is 18.0 Å². The largest absolute Gasteiger partial charge is 0.406 e. The Morgan fingerprint density at radius 2 is 2.17 bits per heavy atom. The van der Waals surface area contributed by atoms with Gasteiger partial charge in [0.15, 0.2) is 0 Å². The summed E-state index contributed by atoms with van der Waals surface area (Å²) < 4.78 is 37.9. The van der Waals surface area contributed by atoms with E-state index < -0.39 is 18.6 Å². The van der Waals surface area contributed by atoms with Gasteiger partial charge in [0.05, 0.1) is 11.4 Å². The van der Waals surface area contributed by atoms with Crippen LogP contribution in [0.25, 0.3) is 10.7 Å². The number of nitrogens with zero attached hydrogens (tertiary/aromatic N) is 3. The first-order valence-corrected chi connectivity index (χ1v) is 7.49. The summed E-state index contributed by atoms with van der Waals surface area (Å²) in [6.07, 6.45) is -1.62. The molecule has 0 bridgehead atoms. The van der Waals surface area contributed by atoms with Gasteiger partial charge in [-0.2, -0.15) is 13.2 Å². The van der Waals surface area contributed by atoms with Gasteiger partial charge in [-0.3, -0.25) is 9.78 Å². The number of aromatic nitrogens is 2. The number of halogens is 3. The fraction of sp³-hybridized carbons (Fsp3) is 0.267. The maximum atomic E-state index is 12.6. The van der Waals surface area contributed by atoms with Crippen molar-refractivity contribution in [2.45, 2.75) is 13.1 Å². The number of pyridine rings is 1. The number of amides is 1. The quantitative estimate of drug-likeness (QED) is 0.779. The molecule has 0 N–H and O–H groups in total. The Hall–Kier alpha value is -2.22. The van der Waals surface area contributed by atoms with Crippen molar-refractivity contribution < 1.29 is 18.0 Å². The molecule has 0 spiro atoms. The number of hydrogen-bond donors (Lipinski definition) is 0. The molecule has 0 aliphatic rings. The molecular formula is C15H14F3N3OS. The molecule has 0 atom stereocenters. The molecule has 1 amide bonds. The van der Waals surface area contributed by atoms with Crippen molar-refractivity contribution in [1.29, 1.82) is 0 Å². The molecule has 0 fully saturated rings. The lowest BCUT2D eigenvalue weighted by Gasteiger charge is -2.22. The Bertz CT molecular complexity index is 698. The lowest BCUT2D eigenvalue weighted by atomic mass is 10.3. The summed E-state index contributed by atoms with van der Waals surface area (Å²) in [7, 11) is 0. The third kappa shape index (κ3) is 4.38. The van der Waals surface area contributed by atoms with Gasteiger partial charge in [0.1, 0.15) is 16.4 Å². The minimum absolute atomic E-state index is 0.178. The molecular weight excluding hydrogens is 327 g/mol. The number of rotatable bonds is 5. The topological polar surface area (TPSA) is 46.1 Å². The van der Waals surface area contributed by atoms with Crippen LogP contribution >= 0.6 is 11.3 Å². The Balaban J connectivity index is 2.31. The molecule has 2 aromatic heterocycles. The van der Waals surface area contributed by atoms with Crippen molar-refractivity contribution in [3.63, 3.8) is 0 Å². The van der Waals surface area contributed by atoms with Crippen LogP contribution in [0.4, 0.5) is 13.2 Å². The van der Waals surface area contributed by atoms with E-state index >= 15 is 0 Å². The minimum Gasteiger partial charge on any atom is -0.325 e. The van der Waals surface area contributed by atoms with E-state index in [1.165, 1.54) is 6.08 Å². The first kappa shape index (κ1) is 17.1. The molecule has 23 heavy (non-hydrogen) atoms. The standard InChI is InChI=1S/C15H14F3N3OS/c1-3-8-21(9-15(16,17)18)14(22)12-10(2)20-13(23-12)11-6-4-5-7-19-11/h3-7H,1,8-9H2,2H3. The van der Waals surface area contributed by atoms with Crippen LogP contribution in [-0.4, -0.2) is 40.0 Å². The maximum Gasteiger partial charge on any atom is 0.406 e. The van der Waals surface area contributed by atoms with E-state index in [0.717, 1.165) is 11.3 Å². The van der Waals surface area contributed by atoms with Crippen LogP contribution in [0.15, 0.2) is 37.1 Å². The number of carbonyl (C=O) groups excluding carboxylic acids is 1. The zero-order chi connectivity index (χ0) is 17.0. The van der Waals surface area contributed by atoms with E-state index in [2.05, 4.69) is 16.5 Å². The van der Waals surface area contributed by atoms with E-state index in [-0.39, 0.29) is 11.4 Å². The van der Waals surface area contributed by atoms with Crippen molar-refractivity contribution in [2.75, 3.05) is 13.1 Å². The first-order valence-electron chi connectivity index (χ1n) is 6.67. The molecule has 0 radical (unpaired) electrons. The molecule has 0 saturated carbocycles. The normalized spacial score (nSPS) is 11.3. The van der Waals surface area contributed by atoms with Gasteiger partial charge >= 0.3 is 6.18 Å². The van der Waals surface area contributed by atoms with Crippen LogP contribution in [0.5, 0.6) is 0 Å².